The van der Waals surface area contributed by atoms with E-state index in [1.54, 1.807) is 0 Å². The number of thioether (sulfide) groups is 1. The van der Waals surface area contributed by atoms with Crippen molar-refractivity contribution in [2.24, 2.45) is 0 Å². The third kappa shape index (κ3) is 2.89. The fourth-order valence-electron chi connectivity index (χ4n) is 1.43. The summed E-state index contributed by atoms with van der Waals surface area (Å²) in [5.41, 5.74) is 0. The Hall–Kier alpha value is -0.200. The second kappa shape index (κ2) is 4.88. The highest BCUT2D eigenvalue weighted by atomic mass is 32.2. The molecule has 1 aliphatic heterocycles. The van der Waals surface area contributed by atoms with Crippen molar-refractivity contribution in [3.63, 3.8) is 0 Å². The van der Waals surface area contributed by atoms with E-state index in [0.29, 0.717) is 5.25 Å². The van der Waals surface area contributed by atoms with Gasteiger partial charge in [0.05, 0.1) is 6.07 Å². The van der Waals surface area contributed by atoms with Crippen LogP contribution in [-0.4, -0.2) is 23.2 Å². The Morgan fingerprint density at radius 3 is 2.62 bits per heavy atom. The monoisotopic (exact) mass is 199 g/mol. The number of hydrogen-bond donors (Lipinski definition) is 0. The first-order valence-corrected chi connectivity index (χ1v) is 5.77. The fraction of sp³-hybridized carbons (Fsp3) is 0.900. The van der Waals surface area contributed by atoms with Gasteiger partial charge in [0.15, 0.2) is 0 Å². The van der Waals surface area contributed by atoms with Crippen LogP contribution in [0.1, 0.15) is 33.1 Å². The van der Waals surface area contributed by atoms with Gasteiger partial charge in [-0.15, -0.1) is 11.8 Å². The van der Waals surface area contributed by atoms with Crippen molar-refractivity contribution in [3.8, 4) is 6.07 Å². The molecule has 0 aromatic heterocycles. The quantitative estimate of drug-likeness (QED) is 0.700. The van der Waals surface area contributed by atoms with Gasteiger partial charge in [0.1, 0.15) is 4.75 Å². The lowest BCUT2D eigenvalue weighted by Crippen LogP contribution is -2.33. The summed E-state index contributed by atoms with van der Waals surface area (Å²) in [6, 6.07) is 2.47. The van der Waals surface area contributed by atoms with Crippen LogP contribution in [0.25, 0.3) is 0 Å². The van der Waals surface area contributed by atoms with E-state index in [2.05, 4.69) is 19.9 Å². The van der Waals surface area contributed by atoms with Crippen molar-refractivity contribution < 1.29 is 4.74 Å². The van der Waals surface area contributed by atoms with Gasteiger partial charge in [-0.1, -0.05) is 13.8 Å². The molecule has 0 aromatic carbocycles. The molecule has 0 bridgehead atoms. The van der Waals surface area contributed by atoms with Gasteiger partial charge in [-0.3, -0.25) is 0 Å². The average molecular weight is 199 g/mol. The summed E-state index contributed by atoms with van der Waals surface area (Å²) in [5.74, 6) is 0. The van der Waals surface area contributed by atoms with Crippen LogP contribution < -0.4 is 0 Å². The maximum atomic E-state index is 9.16. The van der Waals surface area contributed by atoms with Crippen LogP contribution in [0.5, 0.6) is 0 Å². The maximum absolute atomic E-state index is 9.16. The Morgan fingerprint density at radius 2 is 2.15 bits per heavy atom. The van der Waals surface area contributed by atoms with E-state index < -0.39 is 0 Å². The van der Waals surface area contributed by atoms with Crippen LogP contribution in [0.2, 0.25) is 0 Å². The SMILES string of the molecule is CCC(C)SC1(C#N)CCOCC1. The summed E-state index contributed by atoms with van der Waals surface area (Å²) in [4.78, 5) is 0. The molecule has 2 nitrogen and oxygen atoms in total. The van der Waals surface area contributed by atoms with E-state index in [4.69, 9.17) is 10.00 Å². The predicted octanol–water partition coefficient (Wildman–Crippen LogP) is 2.59. The first-order chi connectivity index (χ1) is 6.22. The molecule has 0 saturated carbocycles. The normalized spacial score (nSPS) is 23.5. The molecule has 3 heteroatoms. The minimum absolute atomic E-state index is 0.159. The first kappa shape index (κ1) is 10.9. The van der Waals surface area contributed by atoms with Crippen molar-refractivity contribution >= 4 is 11.8 Å². The van der Waals surface area contributed by atoms with Gasteiger partial charge in [0.2, 0.25) is 0 Å². The zero-order valence-corrected chi connectivity index (χ0v) is 9.19. The number of nitrogens with zero attached hydrogens (tertiary/aromatic N) is 1. The molecule has 74 valence electrons. The zero-order chi connectivity index (χ0) is 9.73. The highest BCUT2D eigenvalue weighted by Gasteiger charge is 2.34. The van der Waals surface area contributed by atoms with Crippen LogP contribution in [0.3, 0.4) is 0 Å². The van der Waals surface area contributed by atoms with Crippen molar-refractivity contribution in [1.29, 1.82) is 5.26 Å². The third-order valence-electron chi connectivity index (χ3n) is 2.51. The van der Waals surface area contributed by atoms with Crippen molar-refractivity contribution in [3.05, 3.63) is 0 Å². The summed E-state index contributed by atoms with van der Waals surface area (Å²) >= 11 is 1.83. The van der Waals surface area contributed by atoms with E-state index in [-0.39, 0.29) is 4.75 Å². The van der Waals surface area contributed by atoms with Crippen LogP contribution in [0.15, 0.2) is 0 Å². The van der Waals surface area contributed by atoms with E-state index in [9.17, 15) is 0 Å². The smallest absolute Gasteiger partial charge is 0.107 e. The lowest BCUT2D eigenvalue weighted by molar-refractivity contribution is 0.0885. The summed E-state index contributed by atoms with van der Waals surface area (Å²) in [6.07, 6.45) is 2.91. The molecule has 1 aliphatic rings. The molecule has 0 spiro atoms. The molecule has 0 aliphatic carbocycles. The van der Waals surface area contributed by atoms with Crippen molar-refractivity contribution in [1.82, 2.24) is 0 Å². The Kier molecular flexibility index (Phi) is 4.08. The molecule has 1 heterocycles. The largest absolute Gasteiger partial charge is 0.381 e. The lowest BCUT2D eigenvalue weighted by Gasteiger charge is -2.32. The molecular formula is C10H17NOS. The third-order valence-corrected chi connectivity index (χ3v) is 4.19. The van der Waals surface area contributed by atoms with Crippen LogP contribution in [-0.2, 0) is 4.74 Å². The van der Waals surface area contributed by atoms with E-state index >= 15 is 0 Å². The molecule has 1 unspecified atom stereocenters. The van der Waals surface area contributed by atoms with Gasteiger partial charge in [-0.25, -0.2) is 0 Å². The Bertz CT molecular complexity index is 194. The second-order valence-electron chi connectivity index (χ2n) is 3.56. The summed E-state index contributed by atoms with van der Waals surface area (Å²) in [7, 11) is 0. The molecule has 1 saturated heterocycles. The molecule has 0 N–H and O–H groups in total. The van der Waals surface area contributed by atoms with Gasteiger partial charge in [-0.2, -0.15) is 5.26 Å². The zero-order valence-electron chi connectivity index (χ0n) is 8.38. The topological polar surface area (TPSA) is 33.0 Å². The maximum Gasteiger partial charge on any atom is 0.107 e. The minimum atomic E-state index is -0.159. The molecule has 1 atom stereocenters. The van der Waals surface area contributed by atoms with E-state index in [1.165, 1.54) is 0 Å². The lowest BCUT2D eigenvalue weighted by atomic mass is 10.0. The highest BCUT2D eigenvalue weighted by molar-refractivity contribution is 8.01. The second-order valence-corrected chi connectivity index (χ2v) is 5.38. The molecule has 0 amide bonds. The minimum Gasteiger partial charge on any atom is -0.381 e. The van der Waals surface area contributed by atoms with Gasteiger partial charge < -0.3 is 4.74 Å². The van der Waals surface area contributed by atoms with Gasteiger partial charge >= 0.3 is 0 Å². The first-order valence-electron chi connectivity index (χ1n) is 4.89. The van der Waals surface area contributed by atoms with Gasteiger partial charge in [0, 0.05) is 18.5 Å². The number of nitriles is 1. The number of ether oxygens (including phenoxy) is 1. The van der Waals surface area contributed by atoms with Crippen LogP contribution >= 0.6 is 11.8 Å². The Labute approximate surface area is 84.6 Å². The molecule has 13 heavy (non-hydrogen) atoms. The van der Waals surface area contributed by atoms with Crippen LogP contribution in [0.4, 0.5) is 0 Å². The van der Waals surface area contributed by atoms with E-state index in [1.807, 2.05) is 11.8 Å². The molecule has 0 aromatic rings. The summed E-state index contributed by atoms with van der Waals surface area (Å²) < 4.78 is 5.12. The predicted molar refractivity (Wildman–Crippen MR) is 55.7 cm³/mol. The number of hydrogen-bond acceptors (Lipinski definition) is 3. The van der Waals surface area contributed by atoms with Gasteiger partial charge in [-0.05, 0) is 19.3 Å². The molecule has 0 radical (unpaired) electrons. The average Bonchev–Trinajstić information content (AvgIpc) is 2.19. The molecular weight excluding hydrogens is 182 g/mol. The van der Waals surface area contributed by atoms with Crippen LogP contribution in [0, 0.1) is 11.3 Å². The van der Waals surface area contributed by atoms with Crippen molar-refractivity contribution in [2.75, 3.05) is 13.2 Å². The van der Waals surface area contributed by atoms with Gasteiger partial charge in [0.25, 0.3) is 0 Å². The highest BCUT2D eigenvalue weighted by Crippen LogP contribution is 2.38. The standard InChI is InChI=1S/C10H17NOS/c1-3-9(2)13-10(8-11)4-6-12-7-5-10/h9H,3-7H2,1-2H3. The van der Waals surface area contributed by atoms with Crippen molar-refractivity contribution in [2.45, 2.75) is 43.1 Å². The molecule has 1 fully saturated rings. The number of rotatable bonds is 3. The summed E-state index contributed by atoms with van der Waals surface area (Å²) in [6.45, 7) is 5.86. The summed E-state index contributed by atoms with van der Waals surface area (Å²) in [5, 5.41) is 9.74. The fourth-order valence-corrected chi connectivity index (χ4v) is 2.82. The molecule has 1 rings (SSSR count). The Balaban J connectivity index is 2.53. The van der Waals surface area contributed by atoms with E-state index in [0.717, 1.165) is 32.5 Å². The Morgan fingerprint density at radius 1 is 1.54 bits per heavy atom.